The molecule has 1 aromatic rings. The number of unbranched alkanes of at least 4 members (excludes halogenated alkanes) is 2. The number of hydrogen-bond donors (Lipinski definition) is 0. The summed E-state index contributed by atoms with van der Waals surface area (Å²) < 4.78 is 40.8. The summed E-state index contributed by atoms with van der Waals surface area (Å²) in [6, 6.07) is 0.968. The van der Waals surface area contributed by atoms with Crippen molar-refractivity contribution in [2.24, 2.45) is 0 Å². The number of aromatic nitrogens is 1. The molecule has 0 atom stereocenters. The van der Waals surface area contributed by atoms with Crippen molar-refractivity contribution in [2.75, 3.05) is 0 Å². The summed E-state index contributed by atoms with van der Waals surface area (Å²) in [6.45, 7) is 2.03. The standard InChI is InChI=1S/C9H12F3NO/c1-2-3-4-5-7-6-8(13-14-7)9(10,11)12/h6H,2-5H2,1H3. The van der Waals surface area contributed by atoms with Crippen LogP contribution in [0.4, 0.5) is 13.2 Å². The lowest BCUT2D eigenvalue weighted by Gasteiger charge is -1.97. The molecule has 2 nitrogen and oxygen atoms in total. The predicted molar refractivity (Wildman–Crippen MR) is 44.7 cm³/mol. The lowest BCUT2D eigenvalue weighted by molar-refractivity contribution is -0.142. The molecule has 0 saturated carbocycles. The summed E-state index contributed by atoms with van der Waals surface area (Å²) in [5, 5.41) is 2.97. The van der Waals surface area contributed by atoms with Crippen molar-refractivity contribution >= 4 is 0 Å². The molecule has 5 heteroatoms. The molecular weight excluding hydrogens is 195 g/mol. The number of alkyl halides is 3. The zero-order valence-electron chi connectivity index (χ0n) is 7.90. The van der Waals surface area contributed by atoms with Gasteiger partial charge in [0.05, 0.1) is 0 Å². The molecule has 0 spiro atoms. The minimum atomic E-state index is -4.40. The van der Waals surface area contributed by atoms with Crippen molar-refractivity contribution < 1.29 is 17.7 Å². The monoisotopic (exact) mass is 207 g/mol. The Morgan fingerprint density at radius 1 is 1.36 bits per heavy atom. The lowest BCUT2D eigenvalue weighted by Crippen LogP contribution is -2.04. The molecule has 1 heterocycles. The molecule has 0 amide bonds. The van der Waals surface area contributed by atoms with Crippen LogP contribution in [0.2, 0.25) is 0 Å². The molecule has 0 saturated heterocycles. The Hall–Kier alpha value is -1.00. The van der Waals surface area contributed by atoms with Gasteiger partial charge in [-0.1, -0.05) is 24.9 Å². The van der Waals surface area contributed by atoms with Gasteiger partial charge in [0, 0.05) is 12.5 Å². The first kappa shape index (κ1) is 11.1. The molecule has 0 N–H and O–H groups in total. The van der Waals surface area contributed by atoms with Crippen molar-refractivity contribution in [3.8, 4) is 0 Å². The number of rotatable bonds is 4. The Balaban J connectivity index is 2.51. The second-order valence-corrected chi connectivity index (χ2v) is 3.13. The topological polar surface area (TPSA) is 26.0 Å². The lowest BCUT2D eigenvalue weighted by atomic mass is 10.1. The summed E-state index contributed by atoms with van der Waals surface area (Å²) in [4.78, 5) is 0. The quantitative estimate of drug-likeness (QED) is 0.707. The SMILES string of the molecule is CCCCCc1cc(C(F)(F)F)no1. The summed E-state index contributed by atoms with van der Waals surface area (Å²) in [5.41, 5.74) is -0.941. The highest BCUT2D eigenvalue weighted by atomic mass is 19.4. The maximum absolute atomic E-state index is 12.1. The smallest absolute Gasteiger partial charge is 0.361 e. The van der Waals surface area contributed by atoms with E-state index in [9.17, 15) is 13.2 Å². The van der Waals surface area contributed by atoms with Crippen LogP contribution in [-0.4, -0.2) is 5.16 Å². The molecule has 0 aliphatic carbocycles. The molecule has 14 heavy (non-hydrogen) atoms. The third kappa shape index (κ3) is 3.05. The fraction of sp³-hybridized carbons (Fsp3) is 0.667. The zero-order chi connectivity index (χ0) is 10.6. The molecule has 0 aliphatic heterocycles. The first-order chi connectivity index (χ1) is 6.54. The van der Waals surface area contributed by atoms with Crippen molar-refractivity contribution in [3.05, 3.63) is 17.5 Å². The molecule has 1 aromatic heterocycles. The zero-order valence-corrected chi connectivity index (χ0v) is 7.90. The van der Waals surface area contributed by atoms with Gasteiger partial charge in [0.1, 0.15) is 5.76 Å². The molecule has 0 aromatic carbocycles. The second-order valence-electron chi connectivity index (χ2n) is 3.13. The third-order valence-electron chi connectivity index (χ3n) is 1.88. The van der Waals surface area contributed by atoms with Crippen molar-refractivity contribution in [1.82, 2.24) is 5.16 Å². The van der Waals surface area contributed by atoms with E-state index in [2.05, 4.69) is 9.68 Å². The molecule has 0 aliphatic rings. The van der Waals surface area contributed by atoms with E-state index in [0.717, 1.165) is 25.3 Å². The van der Waals surface area contributed by atoms with Gasteiger partial charge in [0.25, 0.3) is 0 Å². The largest absolute Gasteiger partial charge is 0.436 e. The Morgan fingerprint density at radius 2 is 2.07 bits per heavy atom. The van der Waals surface area contributed by atoms with Crippen LogP contribution in [0.15, 0.2) is 10.6 Å². The van der Waals surface area contributed by atoms with Crippen LogP contribution >= 0.6 is 0 Å². The van der Waals surface area contributed by atoms with E-state index >= 15 is 0 Å². The first-order valence-corrected chi connectivity index (χ1v) is 4.57. The predicted octanol–water partition coefficient (Wildman–Crippen LogP) is 3.43. The van der Waals surface area contributed by atoms with Gasteiger partial charge in [-0.05, 0) is 6.42 Å². The number of hydrogen-bond acceptors (Lipinski definition) is 2. The molecule has 80 valence electrons. The first-order valence-electron chi connectivity index (χ1n) is 4.57. The van der Waals surface area contributed by atoms with Gasteiger partial charge in [-0.25, -0.2) is 0 Å². The molecule has 0 radical (unpaired) electrons. The van der Waals surface area contributed by atoms with E-state index in [1.807, 2.05) is 6.92 Å². The van der Waals surface area contributed by atoms with E-state index < -0.39 is 11.9 Å². The van der Waals surface area contributed by atoms with Gasteiger partial charge in [0.2, 0.25) is 0 Å². The fourth-order valence-corrected chi connectivity index (χ4v) is 1.11. The van der Waals surface area contributed by atoms with Crippen molar-refractivity contribution in [2.45, 2.75) is 38.8 Å². The van der Waals surface area contributed by atoms with Gasteiger partial charge in [-0.2, -0.15) is 13.2 Å². The highest BCUT2D eigenvalue weighted by Gasteiger charge is 2.34. The van der Waals surface area contributed by atoms with E-state index in [-0.39, 0.29) is 0 Å². The Bertz CT molecular complexity index is 280. The minimum absolute atomic E-state index is 0.311. The molecule has 0 fully saturated rings. The average Bonchev–Trinajstić information content (AvgIpc) is 2.52. The number of halogens is 3. The van der Waals surface area contributed by atoms with Crippen LogP contribution in [0.5, 0.6) is 0 Å². The average molecular weight is 207 g/mol. The second kappa shape index (κ2) is 4.48. The normalized spacial score (nSPS) is 12.0. The van der Waals surface area contributed by atoms with Crippen molar-refractivity contribution in [3.63, 3.8) is 0 Å². The highest BCUT2D eigenvalue weighted by Crippen LogP contribution is 2.28. The van der Waals surface area contributed by atoms with E-state index in [4.69, 9.17) is 0 Å². The number of aryl methyl sites for hydroxylation is 1. The Labute approximate surface area is 80.1 Å². The maximum Gasteiger partial charge on any atom is 0.436 e. The van der Waals surface area contributed by atoms with Crippen LogP contribution in [0.25, 0.3) is 0 Å². The summed E-state index contributed by atoms with van der Waals surface area (Å²) in [5.74, 6) is 0.311. The van der Waals surface area contributed by atoms with Crippen LogP contribution in [0.1, 0.15) is 37.6 Å². The Kier molecular flexibility index (Phi) is 3.55. The Morgan fingerprint density at radius 3 is 2.57 bits per heavy atom. The van der Waals surface area contributed by atoms with E-state index in [1.165, 1.54) is 0 Å². The van der Waals surface area contributed by atoms with Gasteiger partial charge in [0.15, 0.2) is 5.69 Å². The van der Waals surface area contributed by atoms with Crippen LogP contribution in [0, 0.1) is 0 Å². The fourth-order valence-electron chi connectivity index (χ4n) is 1.11. The molecule has 0 bridgehead atoms. The van der Waals surface area contributed by atoms with Crippen LogP contribution < -0.4 is 0 Å². The molecule has 0 unspecified atom stereocenters. The van der Waals surface area contributed by atoms with Gasteiger partial charge in [-0.15, -0.1) is 0 Å². The van der Waals surface area contributed by atoms with Gasteiger partial charge >= 0.3 is 6.18 Å². The van der Waals surface area contributed by atoms with Crippen LogP contribution in [-0.2, 0) is 12.6 Å². The van der Waals surface area contributed by atoms with Crippen LogP contribution in [0.3, 0.4) is 0 Å². The maximum atomic E-state index is 12.1. The highest BCUT2D eigenvalue weighted by molar-refractivity contribution is 5.08. The summed E-state index contributed by atoms with van der Waals surface area (Å²) in [6.07, 6.45) is -1.02. The van der Waals surface area contributed by atoms with Crippen molar-refractivity contribution in [1.29, 1.82) is 0 Å². The summed E-state index contributed by atoms with van der Waals surface area (Å²) in [7, 11) is 0. The molecule has 1 rings (SSSR count). The van der Waals surface area contributed by atoms with Gasteiger partial charge < -0.3 is 4.52 Å². The van der Waals surface area contributed by atoms with Gasteiger partial charge in [-0.3, -0.25) is 0 Å². The summed E-state index contributed by atoms with van der Waals surface area (Å²) >= 11 is 0. The number of nitrogens with zero attached hydrogens (tertiary/aromatic N) is 1. The minimum Gasteiger partial charge on any atom is -0.361 e. The van der Waals surface area contributed by atoms with E-state index in [1.54, 1.807) is 0 Å². The third-order valence-corrected chi connectivity index (χ3v) is 1.88. The molecular formula is C9H12F3NO. The van der Waals surface area contributed by atoms with E-state index in [0.29, 0.717) is 12.2 Å².